The van der Waals surface area contributed by atoms with E-state index in [0.717, 1.165) is 11.3 Å². The van der Waals surface area contributed by atoms with Crippen LogP contribution in [0.2, 0.25) is 5.02 Å². The fourth-order valence-corrected chi connectivity index (χ4v) is 4.65. The van der Waals surface area contributed by atoms with Crippen LogP contribution >= 0.6 is 11.6 Å². The number of methoxy groups -OCH3 is 1. The number of imide groups is 1. The molecule has 9 heteroatoms. The highest BCUT2D eigenvalue weighted by atomic mass is 35.5. The predicted molar refractivity (Wildman–Crippen MR) is 115 cm³/mol. The first-order valence-corrected chi connectivity index (χ1v) is 10.5. The lowest BCUT2D eigenvalue weighted by Gasteiger charge is -2.43. The van der Waals surface area contributed by atoms with E-state index >= 15 is 0 Å². The highest BCUT2D eigenvalue weighted by Gasteiger charge is 2.44. The van der Waals surface area contributed by atoms with E-state index in [1.807, 2.05) is 24.0 Å². The van der Waals surface area contributed by atoms with Crippen LogP contribution in [0.4, 0.5) is 10.5 Å². The third kappa shape index (κ3) is 4.19. The summed E-state index contributed by atoms with van der Waals surface area (Å²) in [5, 5.41) is 5.44. The van der Waals surface area contributed by atoms with E-state index in [2.05, 4.69) is 22.5 Å². The fraction of sp³-hybridized carbons (Fsp3) is 0.571. The van der Waals surface area contributed by atoms with Crippen molar-refractivity contribution in [1.29, 1.82) is 0 Å². The van der Waals surface area contributed by atoms with Crippen molar-refractivity contribution in [2.24, 2.45) is 5.92 Å². The summed E-state index contributed by atoms with van der Waals surface area (Å²) in [5.41, 5.74) is 1.04. The molecule has 0 radical (unpaired) electrons. The maximum atomic E-state index is 13.0. The Morgan fingerprint density at radius 2 is 2.07 bits per heavy atom. The number of carbonyl (C=O) groups excluding carboxylic acids is 3. The summed E-state index contributed by atoms with van der Waals surface area (Å²) >= 11 is 6.23. The molecule has 2 fully saturated rings. The minimum atomic E-state index is -1.06. The molecule has 2 aliphatic rings. The number of carbonyl (C=O) groups is 3. The molecule has 2 N–H and O–H groups in total. The number of nitrogens with one attached hydrogen (secondary N) is 2. The van der Waals surface area contributed by atoms with Gasteiger partial charge < -0.3 is 19.9 Å². The third-order valence-corrected chi connectivity index (χ3v) is 6.27. The highest BCUT2D eigenvalue weighted by Crippen LogP contribution is 2.34. The average Bonchev–Trinajstić information content (AvgIpc) is 2.92. The maximum absolute atomic E-state index is 13.0. The monoisotopic (exact) mass is 436 g/mol. The maximum Gasteiger partial charge on any atom is 0.322 e. The summed E-state index contributed by atoms with van der Waals surface area (Å²) in [7, 11) is 1.59. The zero-order valence-electron chi connectivity index (χ0n) is 18.0. The molecule has 1 aromatic rings. The van der Waals surface area contributed by atoms with E-state index < -0.39 is 23.4 Å². The SMILES string of the molecule is COc1cc(N2CCN(C(=O)C(C)CC3(C)NC(=O)NC3=O)C[C@@H]2C)c(C)cc1Cl. The van der Waals surface area contributed by atoms with E-state index in [-0.39, 0.29) is 18.4 Å². The molecule has 3 rings (SSSR count). The van der Waals surface area contributed by atoms with Gasteiger partial charge in [-0.25, -0.2) is 4.79 Å². The lowest BCUT2D eigenvalue weighted by Crippen LogP contribution is -2.56. The van der Waals surface area contributed by atoms with Crippen LogP contribution in [0.25, 0.3) is 0 Å². The number of hydrogen-bond donors (Lipinski definition) is 2. The van der Waals surface area contributed by atoms with Gasteiger partial charge in [-0.1, -0.05) is 18.5 Å². The number of anilines is 1. The van der Waals surface area contributed by atoms with E-state index in [0.29, 0.717) is 30.4 Å². The topological polar surface area (TPSA) is 91.0 Å². The van der Waals surface area contributed by atoms with Gasteiger partial charge in [0.05, 0.1) is 12.1 Å². The van der Waals surface area contributed by atoms with E-state index in [4.69, 9.17) is 16.3 Å². The molecule has 0 aromatic heterocycles. The van der Waals surface area contributed by atoms with Crippen LogP contribution in [0.3, 0.4) is 0 Å². The van der Waals surface area contributed by atoms with Gasteiger partial charge in [-0.15, -0.1) is 0 Å². The molecule has 3 atom stereocenters. The van der Waals surface area contributed by atoms with Crippen LogP contribution in [0, 0.1) is 12.8 Å². The Morgan fingerprint density at radius 3 is 2.63 bits per heavy atom. The van der Waals surface area contributed by atoms with Crippen molar-refractivity contribution < 1.29 is 19.1 Å². The normalized spacial score (nSPS) is 25.1. The minimum absolute atomic E-state index is 0.0120. The van der Waals surface area contributed by atoms with Gasteiger partial charge in [-0.05, 0) is 38.8 Å². The van der Waals surface area contributed by atoms with Crippen molar-refractivity contribution >= 4 is 35.1 Å². The molecule has 2 saturated heterocycles. The van der Waals surface area contributed by atoms with Crippen LogP contribution in [-0.2, 0) is 9.59 Å². The molecular formula is C21H29ClN4O4. The molecule has 1 aromatic carbocycles. The number of amides is 4. The number of halogens is 1. The number of rotatable bonds is 5. The van der Waals surface area contributed by atoms with E-state index in [9.17, 15) is 14.4 Å². The fourth-order valence-electron chi connectivity index (χ4n) is 4.36. The summed E-state index contributed by atoms with van der Waals surface area (Å²) in [4.78, 5) is 40.7. The molecule has 164 valence electrons. The number of benzene rings is 1. The minimum Gasteiger partial charge on any atom is -0.495 e. The number of piperazine rings is 1. The molecule has 0 bridgehead atoms. The first-order valence-electron chi connectivity index (χ1n) is 10.1. The van der Waals surface area contributed by atoms with Gasteiger partial charge in [0, 0.05) is 43.3 Å². The van der Waals surface area contributed by atoms with Crippen LogP contribution in [-0.4, -0.2) is 61.1 Å². The third-order valence-electron chi connectivity index (χ3n) is 5.97. The van der Waals surface area contributed by atoms with Crippen LogP contribution < -0.4 is 20.3 Å². The second-order valence-corrected chi connectivity index (χ2v) is 8.85. The Kier molecular flexibility index (Phi) is 6.17. The lowest BCUT2D eigenvalue weighted by atomic mass is 9.89. The standard InChI is InChI=1S/C21H29ClN4O4/c1-12-8-15(22)17(30-5)9-16(12)26-7-6-25(11-14(26)3)18(27)13(2)10-21(4)19(28)23-20(29)24-21/h8-9,13-14H,6-7,10-11H2,1-5H3,(H2,23,24,28,29)/t13?,14-,21?/m0/s1. The van der Waals surface area contributed by atoms with Crippen molar-refractivity contribution in [3.8, 4) is 5.75 Å². The van der Waals surface area contributed by atoms with Crippen molar-refractivity contribution in [3.05, 3.63) is 22.7 Å². The Bertz CT molecular complexity index is 877. The number of nitrogens with zero attached hydrogens (tertiary/aromatic N) is 2. The number of hydrogen-bond acceptors (Lipinski definition) is 5. The van der Waals surface area contributed by atoms with Gasteiger partial charge >= 0.3 is 6.03 Å². The molecule has 0 spiro atoms. The van der Waals surface area contributed by atoms with Gasteiger partial charge in [0.2, 0.25) is 5.91 Å². The van der Waals surface area contributed by atoms with Crippen molar-refractivity contribution in [2.45, 2.75) is 45.7 Å². The lowest BCUT2D eigenvalue weighted by molar-refractivity contribution is -0.137. The summed E-state index contributed by atoms with van der Waals surface area (Å²) in [5.74, 6) is -0.170. The van der Waals surface area contributed by atoms with Gasteiger partial charge in [0.25, 0.3) is 5.91 Å². The molecule has 30 heavy (non-hydrogen) atoms. The van der Waals surface area contributed by atoms with Gasteiger partial charge in [-0.2, -0.15) is 0 Å². The molecule has 2 aliphatic heterocycles. The van der Waals surface area contributed by atoms with Crippen molar-refractivity contribution in [3.63, 3.8) is 0 Å². The van der Waals surface area contributed by atoms with Gasteiger partial charge in [0.1, 0.15) is 11.3 Å². The summed E-state index contributed by atoms with van der Waals surface area (Å²) in [6, 6.07) is 3.42. The number of aryl methyl sites for hydroxylation is 1. The quantitative estimate of drug-likeness (QED) is 0.691. The zero-order valence-corrected chi connectivity index (χ0v) is 18.8. The Hall–Kier alpha value is -2.48. The van der Waals surface area contributed by atoms with Crippen molar-refractivity contribution in [2.75, 3.05) is 31.6 Å². The smallest absolute Gasteiger partial charge is 0.322 e. The Balaban J connectivity index is 1.67. The molecule has 0 aliphatic carbocycles. The molecule has 8 nitrogen and oxygen atoms in total. The van der Waals surface area contributed by atoms with Crippen molar-refractivity contribution in [1.82, 2.24) is 15.5 Å². The zero-order chi connectivity index (χ0) is 22.2. The second-order valence-electron chi connectivity index (χ2n) is 8.45. The second kappa shape index (κ2) is 8.34. The van der Waals surface area contributed by atoms with Crippen LogP contribution in [0.15, 0.2) is 12.1 Å². The number of urea groups is 1. The van der Waals surface area contributed by atoms with E-state index in [1.165, 1.54) is 0 Å². The molecular weight excluding hydrogens is 408 g/mol. The largest absolute Gasteiger partial charge is 0.495 e. The van der Waals surface area contributed by atoms with Crippen LogP contribution in [0.5, 0.6) is 5.75 Å². The summed E-state index contributed by atoms with van der Waals surface area (Å²) in [6.45, 7) is 9.37. The first kappa shape index (κ1) is 22.2. The Labute approximate surface area is 181 Å². The van der Waals surface area contributed by atoms with Gasteiger partial charge in [-0.3, -0.25) is 14.9 Å². The molecule has 4 amide bonds. The number of ether oxygens (including phenoxy) is 1. The highest BCUT2D eigenvalue weighted by molar-refractivity contribution is 6.32. The van der Waals surface area contributed by atoms with Crippen LogP contribution in [0.1, 0.15) is 32.8 Å². The summed E-state index contributed by atoms with van der Waals surface area (Å²) < 4.78 is 5.36. The predicted octanol–water partition coefficient (Wildman–Crippen LogP) is 2.32. The molecule has 2 unspecified atom stereocenters. The van der Waals surface area contributed by atoms with Gasteiger partial charge in [0.15, 0.2) is 0 Å². The Morgan fingerprint density at radius 1 is 1.37 bits per heavy atom. The summed E-state index contributed by atoms with van der Waals surface area (Å²) in [6.07, 6.45) is 0.255. The van der Waals surface area contributed by atoms with E-state index in [1.54, 1.807) is 21.0 Å². The average molecular weight is 437 g/mol. The first-order chi connectivity index (χ1) is 14.1. The molecule has 0 saturated carbocycles. The molecule has 2 heterocycles.